The van der Waals surface area contributed by atoms with E-state index in [0.717, 1.165) is 19.6 Å². The van der Waals surface area contributed by atoms with Crippen molar-refractivity contribution in [1.29, 1.82) is 0 Å². The van der Waals surface area contributed by atoms with E-state index in [1.165, 1.54) is 10.0 Å². The van der Waals surface area contributed by atoms with Gasteiger partial charge in [0.1, 0.15) is 0 Å². The number of hydrogen-bond acceptors (Lipinski definition) is 1. The minimum atomic E-state index is 0.942. The van der Waals surface area contributed by atoms with Crippen molar-refractivity contribution in [3.63, 3.8) is 0 Å². The van der Waals surface area contributed by atoms with Crippen LogP contribution in [0.4, 0.5) is 0 Å². The zero-order valence-corrected chi connectivity index (χ0v) is 10.1. The molecular weight excluding hydrogens is 238 g/mol. The first-order valence-corrected chi connectivity index (χ1v) is 5.64. The molecule has 0 fully saturated rings. The third-order valence-corrected chi connectivity index (χ3v) is 2.96. The average Bonchev–Trinajstić information content (AvgIpc) is 2.20. The maximum Gasteiger partial charge on any atom is 0.0248 e. The van der Waals surface area contributed by atoms with Crippen LogP contribution >= 0.6 is 15.9 Å². The number of likely N-dealkylation sites (N-methyl/N-ethyl adjacent to an activating group) is 1. The lowest BCUT2D eigenvalue weighted by atomic mass is 10.2. The second-order valence-corrected chi connectivity index (χ2v) is 4.06. The van der Waals surface area contributed by atoms with E-state index >= 15 is 0 Å². The predicted molar refractivity (Wildman–Crippen MR) is 65.3 cm³/mol. The molecule has 1 aromatic rings. The van der Waals surface area contributed by atoms with Gasteiger partial charge in [-0.25, -0.2) is 0 Å². The van der Waals surface area contributed by atoms with Crippen LogP contribution in [0, 0.1) is 0 Å². The molecule has 1 aromatic carbocycles. The SMILES string of the molecule is C=CCN(CC)Cc1ccccc1Br. The van der Waals surface area contributed by atoms with Crippen LogP contribution in [0.15, 0.2) is 41.4 Å². The Balaban J connectivity index is 2.66. The van der Waals surface area contributed by atoms with Crippen LogP contribution in [0.5, 0.6) is 0 Å². The molecule has 76 valence electrons. The fraction of sp³-hybridized carbons (Fsp3) is 0.333. The smallest absolute Gasteiger partial charge is 0.0248 e. The standard InChI is InChI=1S/C12H16BrN/c1-3-9-14(4-2)10-11-7-5-6-8-12(11)13/h3,5-8H,1,4,9-10H2,2H3. The summed E-state index contributed by atoms with van der Waals surface area (Å²) < 4.78 is 1.18. The van der Waals surface area contributed by atoms with Gasteiger partial charge in [-0.1, -0.05) is 47.1 Å². The van der Waals surface area contributed by atoms with Gasteiger partial charge in [-0.05, 0) is 18.2 Å². The summed E-state index contributed by atoms with van der Waals surface area (Å²) >= 11 is 3.55. The van der Waals surface area contributed by atoms with E-state index in [1.54, 1.807) is 0 Å². The Morgan fingerprint density at radius 1 is 1.43 bits per heavy atom. The van der Waals surface area contributed by atoms with E-state index in [1.807, 2.05) is 12.1 Å². The summed E-state index contributed by atoms with van der Waals surface area (Å²) in [5.74, 6) is 0. The maximum atomic E-state index is 3.76. The number of halogens is 1. The van der Waals surface area contributed by atoms with Crippen molar-refractivity contribution in [2.75, 3.05) is 13.1 Å². The highest BCUT2D eigenvalue weighted by molar-refractivity contribution is 9.10. The molecular formula is C12H16BrN. The summed E-state index contributed by atoms with van der Waals surface area (Å²) in [6, 6.07) is 8.34. The molecule has 0 aliphatic heterocycles. The fourth-order valence-corrected chi connectivity index (χ4v) is 1.77. The highest BCUT2D eigenvalue weighted by Gasteiger charge is 2.03. The predicted octanol–water partition coefficient (Wildman–Crippen LogP) is 3.46. The molecule has 1 nitrogen and oxygen atoms in total. The van der Waals surface area contributed by atoms with Crippen LogP contribution in [0.2, 0.25) is 0 Å². The molecule has 0 bridgehead atoms. The third-order valence-electron chi connectivity index (χ3n) is 2.19. The van der Waals surface area contributed by atoms with Gasteiger partial charge in [0, 0.05) is 17.6 Å². The number of rotatable bonds is 5. The molecule has 0 unspecified atom stereocenters. The van der Waals surface area contributed by atoms with E-state index < -0.39 is 0 Å². The number of hydrogen-bond donors (Lipinski definition) is 0. The Hall–Kier alpha value is -0.600. The van der Waals surface area contributed by atoms with Crippen LogP contribution < -0.4 is 0 Å². The van der Waals surface area contributed by atoms with E-state index in [-0.39, 0.29) is 0 Å². The van der Waals surface area contributed by atoms with Gasteiger partial charge in [0.2, 0.25) is 0 Å². The van der Waals surface area contributed by atoms with Crippen molar-refractivity contribution >= 4 is 15.9 Å². The normalized spacial score (nSPS) is 10.5. The summed E-state index contributed by atoms with van der Waals surface area (Å²) in [4.78, 5) is 2.34. The molecule has 0 amide bonds. The highest BCUT2D eigenvalue weighted by atomic mass is 79.9. The monoisotopic (exact) mass is 253 g/mol. The number of nitrogens with zero attached hydrogens (tertiary/aromatic N) is 1. The Labute approximate surface area is 94.6 Å². The van der Waals surface area contributed by atoms with Crippen molar-refractivity contribution in [2.24, 2.45) is 0 Å². The van der Waals surface area contributed by atoms with E-state index in [0.29, 0.717) is 0 Å². The molecule has 0 atom stereocenters. The molecule has 1 rings (SSSR count). The Morgan fingerprint density at radius 2 is 2.14 bits per heavy atom. The van der Waals surface area contributed by atoms with Crippen molar-refractivity contribution in [2.45, 2.75) is 13.5 Å². The lowest BCUT2D eigenvalue weighted by Crippen LogP contribution is -2.22. The fourth-order valence-electron chi connectivity index (χ4n) is 1.36. The van der Waals surface area contributed by atoms with Gasteiger partial charge >= 0.3 is 0 Å². The van der Waals surface area contributed by atoms with Crippen molar-refractivity contribution in [1.82, 2.24) is 4.90 Å². The van der Waals surface area contributed by atoms with E-state index in [9.17, 15) is 0 Å². The Morgan fingerprint density at radius 3 is 2.71 bits per heavy atom. The van der Waals surface area contributed by atoms with Gasteiger partial charge < -0.3 is 0 Å². The van der Waals surface area contributed by atoms with Gasteiger partial charge in [-0.3, -0.25) is 4.90 Å². The zero-order chi connectivity index (χ0) is 10.4. The lowest BCUT2D eigenvalue weighted by molar-refractivity contribution is 0.311. The summed E-state index contributed by atoms with van der Waals surface area (Å²) in [6.07, 6.45) is 1.94. The Bertz CT molecular complexity index is 296. The molecule has 0 N–H and O–H groups in total. The molecule has 0 saturated heterocycles. The maximum absolute atomic E-state index is 3.76. The van der Waals surface area contributed by atoms with Crippen molar-refractivity contribution < 1.29 is 0 Å². The van der Waals surface area contributed by atoms with Crippen LogP contribution in [0.25, 0.3) is 0 Å². The molecule has 0 spiro atoms. The van der Waals surface area contributed by atoms with Crippen LogP contribution in [0.3, 0.4) is 0 Å². The summed E-state index contributed by atoms with van der Waals surface area (Å²) in [5.41, 5.74) is 1.33. The second-order valence-electron chi connectivity index (χ2n) is 3.21. The first-order valence-electron chi connectivity index (χ1n) is 4.84. The molecule has 0 aliphatic rings. The first kappa shape index (κ1) is 11.5. The molecule has 14 heavy (non-hydrogen) atoms. The number of benzene rings is 1. The van der Waals surface area contributed by atoms with Crippen molar-refractivity contribution in [3.8, 4) is 0 Å². The molecule has 2 heteroatoms. The van der Waals surface area contributed by atoms with Gasteiger partial charge in [0.25, 0.3) is 0 Å². The third kappa shape index (κ3) is 3.28. The van der Waals surface area contributed by atoms with Crippen molar-refractivity contribution in [3.05, 3.63) is 47.0 Å². The average molecular weight is 254 g/mol. The summed E-state index contributed by atoms with van der Waals surface area (Å²) in [7, 11) is 0. The zero-order valence-electron chi connectivity index (χ0n) is 8.54. The van der Waals surface area contributed by atoms with Crippen LogP contribution in [-0.4, -0.2) is 18.0 Å². The lowest BCUT2D eigenvalue weighted by Gasteiger charge is -2.18. The van der Waals surface area contributed by atoms with Gasteiger partial charge in [0.05, 0.1) is 0 Å². The quantitative estimate of drug-likeness (QED) is 0.727. The van der Waals surface area contributed by atoms with E-state index in [2.05, 4.69) is 52.5 Å². The van der Waals surface area contributed by atoms with Gasteiger partial charge in [0.15, 0.2) is 0 Å². The minimum absolute atomic E-state index is 0.942. The van der Waals surface area contributed by atoms with Crippen LogP contribution in [0.1, 0.15) is 12.5 Å². The molecule has 0 saturated carbocycles. The largest absolute Gasteiger partial charge is 0.296 e. The van der Waals surface area contributed by atoms with Gasteiger partial charge in [-0.2, -0.15) is 0 Å². The minimum Gasteiger partial charge on any atom is -0.296 e. The Kier molecular flexibility index (Phi) is 4.91. The van der Waals surface area contributed by atoms with Gasteiger partial charge in [-0.15, -0.1) is 6.58 Å². The molecule has 0 radical (unpaired) electrons. The topological polar surface area (TPSA) is 3.24 Å². The highest BCUT2D eigenvalue weighted by Crippen LogP contribution is 2.17. The molecule has 0 heterocycles. The second kappa shape index (κ2) is 5.99. The summed E-state index contributed by atoms with van der Waals surface area (Å²) in [5, 5.41) is 0. The molecule has 0 aliphatic carbocycles. The first-order chi connectivity index (χ1) is 6.77. The van der Waals surface area contributed by atoms with E-state index in [4.69, 9.17) is 0 Å². The van der Waals surface area contributed by atoms with Crippen LogP contribution in [-0.2, 0) is 6.54 Å². The molecule has 0 aromatic heterocycles. The summed E-state index contributed by atoms with van der Waals surface area (Å²) in [6.45, 7) is 8.89.